The Hall–Kier alpha value is -2.54. The predicted octanol–water partition coefficient (Wildman–Crippen LogP) is 4.80. The number of alkyl halides is 3. The number of likely N-dealkylation sites (tertiary alicyclic amines) is 1. The summed E-state index contributed by atoms with van der Waals surface area (Å²) >= 11 is 0. The normalized spacial score (nSPS) is 16.8. The molecule has 0 unspecified atom stereocenters. The van der Waals surface area contributed by atoms with Crippen molar-refractivity contribution < 1.29 is 22.7 Å². The number of ether oxygens (including phenoxy) is 1. The summed E-state index contributed by atoms with van der Waals surface area (Å²) in [5.41, 5.74) is 1.53. The van der Waals surface area contributed by atoms with E-state index in [1.54, 1.807) is 31.2 Å². The van der Waals surface area contributed by atoms with Gasteiger partial charge in [0.1, 0.15) is 11.9 Å². The molecule has 0 spiro atoms. The van der Waals surface area contributed by atoms with Gasteiger partial charge in [0.15, 0.2) is 0 Å². The Morgan fingerprint density at radius 1 is 1.13 bits per heavy atom. The van der Waals surface area contributed by atoms with Crippen LogP contribution in [0.2, 0.25) is 0 Å². The Kier molecular flexibility index (Phi) is 7.37. The number of hydrogen-bond donors (Lipinski definition) is 1. The molecule has 1 atom stereocenters. The van der Waals surface area contributed by atoms with Crippen LogP contribution in [0, 0.1) is 0 Å². The van der Waals surface area contributed by atoms with Gasteiger partial charge in [-0.3, -0.25) is 4.79 Å². The zero-order valence-corrected chi connectivity index (χ0v) is 17.0. The van der Waals surface area contributed by atoms with Gasteiger partial charge in [0, 0.05) is 31.2 Å². The van der Waals surface area contributed by atoms with Gasteiger partial charge in [-0.1, -0.05) is 36.4 Å². The third-order valence-corrected chi connectivity index (χ3v) is 5.32. The number of piperidine rings is 1. The summed E-state index contributed by atoms with van der Waals surface area (Å²) in [4.78, 5) is 14.3. The third-order valence-electron chi connectivity index (χ3n) is 5.32. The van der Waals surface area contributed by atoms with Crippen molar-refractivity contribution in [2.24, 2.45) is 0 Å². The maximum absolute atomic E-state index is 12.6. The van der Waals surface area contributed by atoms with Gasteiger partial charge in [0.2, 0.25) is 0 Å². The van der Waals surface area contributed by atoms with Gasteiger partial charge in [0.25, 0.3) is 5.91 Å². The van der Waals surface area contributed by atoms with E-state index < -0.39 is 18.6 Å². The first-order valence-corrected chi connectivity index (χ1v) is 10.2. The Bertz CT molecular complexity index is 819. The van der Waals surface area contributed by atoms with Crippen molar-refractivity contribution in [1.82, 2.24) is 10.2 Å². The van der Waals surface area contributed by atoms with Gasteiger partial charge >= 0.3 is 6.18 Å². The maximum atomic E-state index is 12.6. The molecule has 1 aliphatic rings. The molecule has 7 heteroatoms. The minimum atomic E-state index is -4.14. The summed E-state index contributed by atoms with van der Waals surface area (Å²) in [7, 11) is 0. The van der Waals surface area contributed by atoms with E-state index in [9.17, 15) is 18.0 Å². The van der Waals surface area contributed by atoms with Crippen LogP contribution in [0.1, 0.15) is 42.1 Å². The highest BCUT2D eigenvalue weighted by molar-refractivity contribution is 5.94. The summed E-state index contributed by atoms with van der Waals surface area (Å²) in [5.74, 6) is 0.421. The molecule has 0 saturated carbocycles. The van der Waals surface area contributed by atoms with E-state index in [1.807, 2.05) is 35.2 Å². The van der Waals surface area contributed by atoms with E-state index in [1.165, 1.54) is 0 Å². The quantitative estimate of drug-likeness (QED) is 0.700. The van der Waals surface area contributed by atoms with Gasteiger partial charge < -0.3 is 15.0 Å². The van der Waals surface area contributed by atoms with Crippen LogP contribution in [0.4, 0.5) is 13.2 Å². The molecule has 2 aromatic rings. The smallest absolute Gasteiger partial charge is 0.390 e. The first kappa shape index (κ1) is 22.2. The monoisotopic (exact) mass is 420 g/mol. The number of nitrogens with one attached hydrogen (secondary N) is 1. The van der Waals surface area contributed by atoms with Crippen molar-refractivity contribution >= 4 is 5.91 Å². The second-order valence-corrected chi connectivity index (χ2v) is 7.72. The highest BCUT2D eigenvalue weighted by atomic mass is 19.4. The summed E-state index contributed by atoms with van der Waals surface area (Å²) in [6.45, 7) is 3.20. The highest BCUT2D eigenvalue weighted by Gasteiger charge is 2.34. The number of carbonyl (C=O) groups is 1. The van der Waals surface area contributed by atoms with Crippen LogP contribution >= 0.6 is 0 Å². The molecule has 1 aliphatic heterocycles. The number of nitrogens with zero attached hydrogens (tertiary/aromatic N) is 1. The van der Waals surface area contributed by atoms with Crippen LogP contribution in [-0.4, -0.2) is 42.2 Å². The van der Waals surface area contributed by atoms with Gasteiger partial charge in [-0.25, -0.2) is 0 Å². The number of benzene rings is 2. The molecule has 4 nitrogen and oxygen atoms in total. The van der Waals surface area contributed by atoms with Gasteiger partial charge in [0.05, 0.1) is 6.42 Å². The number of amides is 1. The molecule has 1 fully saturated rings. The maximum Gasteiger partial charge on any atom is 0.390 e. The lowest BCUT2D eigenvalue weighted by atomic mass is 10.0. The zero-order valence-electron chi connectivity index (χ0n) is 17.0. The fourth-order valence-corrected chi connectivity index (χ4v) is 3.68. The van der Waals surface area contributed by atoms with Crippen LogP contribution in [0.5, 0.6) is 5.75 Å². The number of carbonyl (C=O) groups excluding carboxylic acids is 1. The van der Waals surface area contributed by atoms with Crippen molar-refractivity contribution in [3.63, 3.8) is 0 Å². The Labute approximate surface area is 175 Å². The molecular formula is C23H27F3N2O2. The van der Waals surface area contributed by atoms with Crippen LogP contribution in [0.3, 0.4) is 0 Å². The standard InChI is InChI=1S/C23H27F3N2O2/c1-17(15-23(24,25)26)28-12-10-20(11-13-28)30-21-9-5-8-19(14-21)22(29)27-16-18-6-3-2-4-7-18/h2-9,14,17,20H,10-13,15-16H2,1H3,(H,27,29)/t17-/m1/s1. The average Bonchev–Trinajstić information content (AvgIpc) is 2.72. The van der Waals surface area contributed by atoms with E-state index in [0.29, 0.717) is 43.8 Å². The number of rotatable bonds is 7. The molecule has 0 bridgehead atoms. The number of halogens is 3. The van der Waals surface area contributed by atoms with E-state index in [-0.39, 0.29) is 12.0 Å². The van der Waals surface area contributed by atoms with E-state index >= 15 is 0 Å². The van der Waals surface area contributed by atoms with Crippen molar-refractivity contribution in [3.8, 4) is 5.75 Å². The second kappa shape index (κ2) is 9.98. The molecular weight excluding hydrogens is 393 g/mol. The van der Waals surface area contributed by atoms with Crippen LogP contribution in [0.15, 0.2) is 54.6 Å². The molecule has 0 radical (unpaired) electrons. The molecule has 1 amide bonds. The fraction of sp³-hybridized carbons (Fsp3) is 0.435. The molecule has 162 valence electrons. The first-order chi connectivity index (χ1) is 14.3. The molecule has 0 aliphatic carbocycles. The van der Waals surface area contributed by atoms with Gasteiger partial charge in [-0.2, -0.15) is 13.2 Å². The van der Waals surface area contributed by atoms with Crippen molar-refractivity contribution in [3.05, 3.63) is 65.7 Å². The van der Waals surface area contributed by atoms with E-state index in [4.69, 9.17) is 4.74 Å². The predicted molar refractivity (Wildman–Crippen MR) is 109 cm³/mol. The number of hydrogen-bond acceptors (Lipinski definition) is 3. The molecule has 1 heterocycles. The van der Waals surface area contributed by atoms with Crippen molar-refractivity contribution in [2.45, 2.75) is 51.1 Å². The lowest BCUT2D eigenvalue weighted by molar-refractivity contribution is -0.147. The Morgan fingerprint density at radius 2 is 1.83 bits per heavy atom. The Morgan fingerprint density at radius 3 is 2.50 bits per heavy atom. The van der Waals surface area contributed by atoms with E-state index in [2.05, 4.69) is 5.32 Å². The largest absolute Gasteiger partial charge is 0.490 e. The molecule has 1 saturated heterocycles. The van der Waals surface area contributed by atoms with Gasteiger partial charge in [-0.15, -0.1) is 0 Å². The topological polar surface area (TPSA) is 41.6 Å². The minimum Gasteiger partial charge on any atom is -0.490 e. The van der Waals surface area contributed by atoms with Crippen molar-refractivity contribution in [1.29, 1.82) is 0 Å². The lowest BCUT2D eigenvalue weighted by Crippen LogP contribution is -2.44. The summed E-state index contributed by atoms with van der Waals surface area (Å²) in [6.07, 6.45) is -3.69. The molecule has 0 aromatic heterocycles. The fourth-order valence-electron chi connectivity index (χ4n) is 3.68. The molecule has 30 heavy (non-hydrogen) atoms. The zero-order chi connectivity index (χ0) is 21.6. The van der Waals surface area contributed by atoms with E-state index in [0.717, 1.165) is 5.56 Å². The third kappa shape index (κ3) is 6.76. The summed E-state index contributed by atoms with van der Waals surface area (Å²) < 4.78 is 43.8. The first-order valence-electron chi connectivity index (χ1n) is 10.2. The molecule has 3 rings (SSSR count). The second-order valence-electron chi connectivity index (χ2n) is 7.72. The highest BCUT2D eigenvalue weighted by Crippen LogP contribution is 2.27. The lowest BCUT2D eigenvalue weighted by Gasteiger charge is -2.36. The molecule has 1 N–H and O–H groups in total. The van der Waals surface area contributed by atoms with Gasteiger partial charge in [-0.05, 0) is 43.5 Å². The van der Waals surface area contributed by atoms with Crippen LogP contribution in [-0.2, 0) is 6.54 Å². The SMILES string of the molecule is C[C@H](CC(F)(F)F)N1CCC(Oc2cccc(C(=O)NCc3ccccc3)c2)CC1. The molecule has 2 aromatic carbocycles. The Balaban J connectivity index is 1.49. The average molecular weight is 420 g/mol. The van der Waals surface area contributed by atoms with Crippen molar-refractivity contribution in [2.75, 3.05) is 13.1 Å². The summed E-state index contributed by atoms with van der Waals surface area (Å²) in [5, 5.41) is 2.89. The summed E-state index contributed by atoms with van der Waals surface area (Å²) in [6, 6.07) is 16.1. The van der Waals surface area contributed by atoms with Crippen LogP contribution < -0.4 is 10.1 Å². The van der Waals surface area contributed by atoms with Crippen LogP contribution in [0.25, 0.3) is 0 Å². The minimum absolute atomic E-state index is 0.0676.